The molecule has 7 heteroatoms. The summed E-state index contributed by atoms with van der Waals surface area (Å²) in [5, 5.41) is 3.27. The van der Waals surface area contributed by atoms with Crippen molar-refractivity contribution in [1.82, 2.24) is 14.9 Å². The molecule has 6 nitrogen and oxygen atoms in total. The van der Waals surface area contributed by atoms with Gasteiger partial charge in [-0.15, -0.1) is 12.4 Å². The molecule has 0 unspecified atom stereocenters. The fraction of sp³-hybridized carbons (Fsp3) is 0.304. The summed E-state index contributed by atoms with van der Waals surface area (Å²) in [7, 11) is 1.66. The Bertz CT molecular complexity index is 983. The fourth-order valence-corrected chi connectivity index (χ4v) is 3.56. The van der Waals surface area contributed by atoms with Crippen molar-refractivity contribution in [1.29, 1.82) is 0 Å². The molecule has 0 bridgehead atoms. The summed E-state index contributed by atoms with van der Waals surface area (Å²) in [5.41, 5.74) is 4.48. The summed E-state index contributed by atoms with van der Waals surface area (Å²) in [6, 6.07) is 16.1. The van der Waals surface area contributed by atoms with E-state index >= 15 is 0 Å². The molecular weight excluding hydrogens is 400 g/mol. The molecule has 0 spiro atoms. The lowest BCUT2D eigenvalue weighted by Crippen LogP contribution is -2.31. The van der Waals surface area contributed by atoms with Gasteiger partial charge in [-0.25, -0.2) is 9.97 Å². The highest BCUT2D eigenvalue weighted by Crippen LogP contribution is 2.23. The van der Waals surface area contributed by atoms with Crippen LogP contribution in [0.2, 0.25) is 0 Å². The van der Waals surface area contributed by atoms with Gasteiger partial charge in [0.05, 0.1) is 19.4 Å². The van der Waals surface area contributed by atoms with Gasteiger partial charge < -0.3 is 14.8 Å². The largest absolute Gasteiger partial charge is 0.497 e. The second kappa shape index (κ2) is 10.3. The van der Waals surface area contributed by atoms with Gasteiger partial charge in [0.1, 0.15) is 11.5 Å². The minimum atomic E-state index is 0. The van der Waals surface area contributed by atoms with Gasteiger partial charge in [0.25, 0.3) is 0 Å². The van der Waals surface area contributed by atoms with E-state index in [2.05, 4.69) is 33.4 Å². The lowest BCUT2D eigenvalue weighted by Gasteiger charge is -2.28. The van der Waals surface area contributed by atoms with Gasteiger partial charge in [0.2, 0.25) is 5.95 Å². The van der Waals surface area contributed by atoms with Gasteiger partial charge in [-0.2, -0.15) is 0 Å². The zero-order valence-corrected chi connectivity index (χ0v) is 18.1. The van der Waals surface area contributed by atoms with E-state index in [4.69, 9.17) is 14.5 Å². The SMILES string of the molecule is CCOc1cccc(CN2CCc3nc(Nc4cccc(OC)c4)ncc3C2)c1.Cl. The summed E-state index contributed by atoms with van der Waals surface area (Å²) in [5.74, 6) is 2.35. The minimum absolute atomic E-state index is 0. The molecule has 0 aliphatic carbocycles. The van der Waals surface area contributed by atoms with Crippen LogP contribution in [0.4, 0.5) is 11.6 Å². The van der Waals surface area contributed by atoms with Crippen LogP contribution in [0, 0.1) is 0 Å². The number of nitrogens with one attached hydrogen (secondary N) is 1. The van der Waals surface area contributed by atoms with Crippen LogP contribution in [0.1, 0.15) is 23.7 Å². The van der Waals surface area contributed by atoms with Gasteiger partial charge in [0.15, 0.2) is 0 Å². The molecule has 158 valence electrons. The molecule has 2 aromatic carbocycles. The summed E-state index contributed by atoms with van der Waals surface area (Å²) >= 11 is 0. The number of hydrogen-bond donors (Lipinski definition) is 1. The van der Waals surface area contributed by atoms with Crippen LogP contribution in [0.3, 0.4) is 0 Å². The normalized spacial score (nSPS) is 13.1. The number of hydrogen-bond acceptors (Lipinski definition) is 6. The Hall–Kier alpha value is -2.83. The van der Waals surface area contributed by atoms with Crippen LogP contribution in [0.5, 0.6) is 11.5 Å². The van der Waals surface area contributed by atoms with Crippen molar-refractivity contribution in [3.63, 3.8) is 0 Å². The van der Waals surface area contributed by atoms with Crippen LogP contribution < -0.4 is 14.8 Å². The maximum absolute atomic E-state index is 5.62. The number of anilines is 2. The van der Waals surface area contributed by atoms with Gasteiger partial charge in [-0.1, -0.05) is 18.2 Å². The van der Waals surface area contributed by atoms with Crippen LogP contribution >= 0.6 is 12.4 Å². The van der Waals surface area contributed by atoms with Crippen molar-refractivity contribution in [2.75, 3.05) is 25.6 Å². The Kier molecular flexibility index (Phi) is 7.49. The molecule has 0 fully saturated rings. The third-order valence-electron chi connectivity index (χ3n) is 4.95. The summed E-state index contributed by atoms with van der Waals surface area (Å²) in [4.78, 5) is 11.7. The van der Waals surface area contributed by atoms with Crippen molar-refractivity contribution in [2.45, 2.75) is 26.4 Å². The van der Waals surface area contributed by atoms with E-state index in [1.54, 1.807) is 7.11 Å². The fourth-order valence-electron chi connectivity index (χ4n) is 3.56. The van der Waals surface area contributed by atoms with Crippen LogP contribution in [-0.2, 0) is 19.5 Å². The molecule has 4 rings (SSSR count). The first-order chi connectivity index (χ1) is 14.2. The predicted molar refractivity (Wildman–Crippen MR) is 121 cm³/mol. The molecule has 3 aromatic rings. The second-order valence-corrected chi connectivity index (χ2v) is 7.06. The summed E-state index contributed by atoms with van der Waals surface area (Å²) in [6.45, 7) is 5.41. The molecule has 1 aliphatic heterocycles. The van der Waals surface area contributed by atoms with E-state index in [9.17, 15) is 0 Å². The first-order valence-electron chi connectivity index (χ1n) is 9.93. The number of fused-ring (bicyclic) bond motifs is 1. The number of rotatable bonds is 7. The first-order valence-corrected chi connectivity index (χ1v) is 9.93. The Balaban J connectivity index is 0.00000256. The van der Waals surface area contributed by atoms with E-state index in [1.165, 1.54) is 11.1 Å². The molecule has 0 amide bonds. The highest BCUT2D eigenvalue weighted by molar-refractivity contribution is 5.85. The second-order valence-electron chi connectivity index (χ2n) is 7.06. The maximum atomic E-state index is 5.62. The van der Waals surface area contributed by atoms with E-state index in [-0.39, 0.29) is 12.4 Å². The zero-order valence-electron chi connectivity index (χ0n) is 17.3. The average Bonchev–Trinajstić information content (AvgIpc) is 2.74. The highest BCUT2D eigenvalue weighted by atomic mass is 35.5. The maximum Gasteiger partial charge on any atom is 0.227 e. The Morgan fingerprint density at radius 3 is 2.77 bits per heavy atom. The number of nitrogens with zero attached hydrogens (tertiary/aromatic N) is 3. The standard InChI is InChI=1S/C23H26N4O2.ClH/c1-3-29-21-9-4-6-17(12-21)15-27-11-10-22-18(16-27)14-24-23(26-22)25-19-7-5-8-20(13-19)28-2;/h4-9,12-14H,3,10-11,15-16H2,1-2H3,(H,24,25,26);1H. The molecule has 2 heterocycles. The molecule has 0 radical (unpaired) electrons. The smallest absolute Gasteiger partial charge is 0.227 e. The van der Waals surface area contributed by atoms with Crippen molar-refractivity contribution >= 4 is 24.0 Å². The van der Waals surface area contributed by atoms with Crippen LogP contribution in [-0.4, -0.2) is 35.1 Å². The van der Waals surface area contributed by atoms with Crippen molar-refractivity contribution in [2.24, 2.45) is 0 Å². The Morgan fingerprint density at radius 2 is 1.93 bits per heavy atom. The lowest BCUT2D eigenvalue weighted by atomic mass is 10.1. The molecular formula is C23H27ClN4O2. The third-order valence-corrected chi connectivity index (χ3v) is 4.95. The predicted octanol–water partition coefficient (Wildman–Crippen LogP) is 4.61. The zero-order chi connectivity index (χ0) is 20.1. The Labute approximate surface area is 183 Å². The minimum Gasteiger partial charge on any atom is -0.497 e. The van der Waals surface area contributed by atoms with Gasteiger partial charge in [-0.05, 0) is 36.8 Å². The monoisotopic (exact) mass is 426 g/mol. The van der Waals surface area contributed by atoms with Crippen LogP contribution in [0.25, 0.3) is 0 Å². The number of ether oxygens (including phenoxy) is 2. The molecule has 0 saturated heterocycles. The molecule has 1 N–H and O–H groups in total. The van der Waals surface area contributed by atoms with Gasteiger partial charge in [-0.3, -0.25) is 4.90 Å². The topological polar surface area (TPSA) is 59.5 Å². The van der Waals surface area contributed by atoms with E-state index in [1.807, 2.05) is 43.5 Å². The van der Waals surface area contributed by atoms with Crippen molar-refractivity contribution in [3.8, 4) is 11.5 Å². The van der Waals surface area contributed by atoms with E-state index in [0.29, 0.717) is 12.6 Å². The first kappa shape index (κ1) is 21.9. The molecule has 1 aliphatic rings. The molecule has 30 heavy (non-hydrogen) atoms. The number of methoxy groups -OCH3 is 1. The average molecular weight is 427 g/mol. The number of aromatic nitrogens is 2. The van der Waals surface area contributed by atoms with Gasteiger partial charge in [0, 0.05) is 49.6 Å². The van der Waals surface area contributed by atoms with Crippen molar-refractivity contribution in [3.05, 3.63) is 71.5 Å². The Morgan fingerprint density at radius 1 is 1.10 bits per heavy atom. The molecule has 0 atom stereocenters. The summed E-state index contributed by atoms with van der Waals surface area (Å²) < 4.78 is 10.9. The highest BCUT2D eigenvalue weighted by Gasteiger charge is 2.19. The third kappa shape index (κ3) is 5.40. The summed E-state index contributed by atoms with van der Waals surface area (Å²) in [6.07, 6.45) is 2.85. The molecule has 0 saturated carbocycles. The van der Waals surface area contributed by atoms with E-state index in [0.717, 1.165) is 48.9 Å². The van der Waals surface area contributed by atoms with Crippen molar-refractivity contribution < 1.29 is 9.47 Å². The van der Waals surface area contributed by atoms with E-state index < -0.39 is 0 Å². The number of halogens is 1. The lowest BCUT2D eigenvalue weighted by molar-refractivity contribution is 0.242. The molecule has 1 aromatic heterocycles. The quantitative estimate of drug-likeness (QED) is 0.595. The van der Waals surface area contributed by atoms with Gasteiger partial charge >= 0.3 is 0 Å². The number of benzene rings is 2. The van der Waals surface area contributed by atoms with Crippen LogP contribution in [0.15, 0.2) is 54.7 Å².